The lowest BCUT2D eigenvalue weighted by Crippen LogP contribution is -2.27. The second-order valence-electron chi connectivity index (χ2n) is 5.50. The van der Waals surface area contributed by atoms with Crippen molar-refractivity contribution in [1.29, 1.82) is 0 Å². The maximum atomic E-state index is 10.5. The van der Waals surface area contributed by atoms with E-state index >= 15 is 0 Å². The van der Waals surface area contributed by atoms with Crippen LogP contribution in [-0.4, -0.2) is 32.1 Å². The number of unbranched alkanes of at least 4 members (excludes halogenated alkanes) is 8. The van der Waals surface area contributed by atoms with Crippen molar-refractivity contribution in [1.82, 2.24) is 10.6 Å². The highest BCUT2D eigenvalue weighted by Crippen LogP contribution is 2.10. The minimum absolute atomic E-state index is 0.163. The Morgan fingerprint density at radius 2 is 1.25 bits per heavy atom. The van der Waals surface area contributed by atoms with Gasteiger partial charge in [0.1, 0.15) is 0 Å². The van der Waals surface area contributed by atoms with Crippen LogP contribution in [0, 0.1) is 0 Å². The van der Waals surface area contributed by atoms with Crippen molar-refractivity contribution >= 4 is 5.91 Å². The lowest BCUT2D eigenvalue weighted by molar-refractivity contribution is -0.118. The van der Waals surface area contributed by atoms with Crippen LogP contribution < -0.4 is 16.4 Å². The zero-order chi connectivity index (χ0) is 14.9. The van der Waals surface area contributed by atoms with Crippen molar-refractivity contribution in [3.63, 3.8) is 0 Å². The van der Waals surface area contributed by atoms with E-state index in [1.165, 1.54) is 44.9 Å². The predicted molar refractivity (Wildman–Crippen MR) is 86.8 cm³/mol. The first-order valence-corrected chi connectivity index (χ1v) is 8.47. The topological polar surface area (TPSA) is 67.2 Å². The van der Waals surface area contributed by atoms with Crippen LogP contribution in [0.5, 0.6) is 0 Å². The Balaban J connectivity index is 2.94. The highest BCUT2D eigenvalue weighted by molar-refractivity contribution is 5.73. The van der Waals surface area contributed by atoms with E-state index in [1.54, 1.807) is 0 Å². The Labute approximate surface area is 125 Å². The van der Waals surface area contributed by atoms with Gasteiger partial charge in [0.2, 0.25) is 5.91 Å². The van der Waals surface area contributed by atoms with Gasteiger partial charge in [-0.15, -0.1) is 0 Å². The number of amides is 1. The summed E-state index contributed by atoms with van der Waals surface area (Å²) < 4.78 is 0. The largest absolute Gasteiger partial charge is 0.370 e. The third kappa shape index (κ3) is 17.4. The molecule has 0 aromatic heterocycles. The number of hydrogen-bond donors (Lipinski definition) is 3. The molecule has 0 heterocycles. The third-order valence-corrected chi connectivity index (χ3v) is 3.51. The maximum Gasteiger partial charge on any atom is 0.217 e. The standard InChI is InChI=1S/C16H35N3O/c1-2-18-14-15-19-13-11-9-7-5-3-4-6-8-10-12-16(17)20/h18-19H,2-15H2,1H3,(H2,17,20). The number of carbonyl (C=O) groups is 1. The molecule has 4 heteroatoms. The van der Waals surface area contributed by atoms with Crippen LogP contribution in [0.3, 0.4) is 0 Å². The van der Waals surface area contributed by atoms with Crippen molar-refractivity contribution in [3.8, 4) is 0 Å². The zero-order valence-electron chi connectivity index (χ0n) is 13.4. The number of likely N-dealkylation sites (N-methyl/N-ethyl adjacent to an activating group) is 1. The molecule has 4 N–H and O–H groups in total. The summed E-state index contributed by atoms with van der Waals surface area (Å²) in [5.74, 6) is -0.163. The Bertz CT molecular complexity index is 210. The number of hydrogen-bond acceptors (Lipinski definition) is 3. The molecule has 0 bridgehead atoms. The predicted octanol–water partition coefficient (Wildman–Crippen LogP) is 2.57. The summed E-state index contributed by atoms with van der Waals surface area (Å²) in [4.78, 5) is 10.5. The molecule has 0 saturated carbocycles. The smallest absolute Gasteiger partial charge is 0.217 e. The monoisotopic (exact) mass is 285 g/mol. The van der Waals surface area contributed by atoms with Gasteiger partial charge in [-0.3, -0.25) is 4.79 Å². The van der Waals surface area contributed by atoms with Gasteiger partial charge >= 0.3 is 0 Å². The molecule has 1 amide bonds. The number of carbonyl (C=O) groups excluding carboxylic acids is 1. The zero-order valence-corrected chi connectivity index (χ0v) is 13.4. The summed E-state index contributed by atoms with van der Waals surface area (Å²) in [6.07, 6.45) is 11.9. The highest BCUT2D eigenvalue weighted by atomic mass is 16.1. The SMILES string of the molecule is CCNCCNCCCCCCCCCCCC(N)=O. The van der Waals surface area contributed by atoms with Crippen LogP contribution in [0.25, 0.3) is 0 Å². The Kier molecular flexibility index (Phi) is 15.9. The van der Waals surface area contributed by atoms with Crippen molar-refractivity contribution in [2.45, 2.75) is 71.1 Å². The first-order valence-electron chi connectivity index (χ1n) is 8.47. The molecule has 0 saturated heterocycles. The molecule has 0 aliphatic carbocycles. The molecule has 0 aliphatic heterocycles. The summed E-state index contributed by atoms with van der Waals surface area (Å²) in [6, 6.07) is 0. The molecule has 0 rings (SSSR count). The van der Waals surface area contributed by atoms with Crippen molar-refractivity contribution < 1.29 is 4.79 Å². The van der Waals surface area contributed by atoms with Gasteiger partial charge in [0, 0.05) is 19.5 Å². The van der Waals surface area contributed by atoms with E-state index in [4.69, 9.17) is 5.73 Å². The summed E-state index contributed by atoms with van der Waals surface area (Å²) in [7, 11) is 0. The van der Waals surface area contributed by atoms with E-state index < -0.39 is 0 Å². The first kappa shape index (κ1) is 19.4. The minimum atomic E-state index is -0.163. The Hall–Kier alpha value is -0.610. The average Bonchev–Trinajstić information content (AvgIpc) is 2.43. The van der Waals surface area contributed by atoms with E-state index in [0.29, 0.717) is 6.42 Å². The summed E-state index contributed by atoms with van der Waals surface area (Å²) in [5.41, 5.74) is 5.10. The third-order valence-electron chi connectivity index (χ3n) is 3.51. The van der Waals surface area contributed by atoms with Crippen LogP contribution in [0.4, 0.5) is 0 Å². The Morgan fingerprint density at radius 3 is 1.80 bits per heavy atom. The van der Waals surface area contributed by atoms with Crippen LogP contribution in [0.1, 0.15) is 71.1 Å². The molecule has 0 unspecified atom stereocenters. The van der Waals surface area contributed by atoms with Crippen molar-refractivity contribution in [2.24, 2.45) is 5.73 Å². The molecular weight excluding hydrogens is 250 g/mol. The van der Waals surface area contributed by atoms with Gasteiger partial charge in [-0.1, -0.05) is 51.9 Å². The van der Waals surface area contributed by atoms with Gasteiger partial charge in [0.25, 0.3) is 0 Å². The van der Waals surface area contributed by atoms with E-state index in [9.17, 15) is 4.79 Å². The second kappa shape index (κ2) is 16.4. The molecule has 0 aromatic carbocycles. The first-order chi connectivity index (χ1) is 9.77. The van der Waals surface area contributed by atoms with Crippen molar-refractivity contribution in [3.05, 3.63) is 0 Å². The van der Waals surface area contributed by atoms with Crippen LogP contribution in [0.2, 0.25) is 0 Å². The number of primary amides is 1. The lowest BCUT2D eigenvalue weighted by Gasteiger charge is -2.05. The summed E-state index contributed by atoms with van der Waals surface area (Å²) in [5, 5.41) is 6.76. The van der Waals surface area contributed by atoms with Crippen LogP contribution in [0.15, 0.2) is 0 Å². The van der Waals surface area contributed by atoms with Crippen LogP contribution >= 0.6 is 0 Å². The maximum absolute atomic E-state index is 10.5. The molecular formula is C16H35N3O. The van der Waals surface area contributed by atoms with E-state index in [2.05, 4.69) is 17.6 Å². The van der Waals surface area contributed by atoms with Gasteiger partial charge in [-0.2, -0.15) is 0 Å². The molecule has 0 atom stereocenters. The fraction of sp³-hybridized carbons (Fsp3) is 0.938. The van der Waals surface area contributed by atoms with Gasteiger partial charge < -0.3 is 16.4 Å². The van der Waals surface area contributed by atoms with Gasteiger partial charge in [-0.05, 0) is 25.9 Å². The molecule has 0 spiro atoms. The molecule has 4 nitrogen and oxygen atoms in total. The normalized spacial score (nSPS) is 10.8. The molecule has 0 aromatic rings. The Morgan fingerprint density at radius 1 is 0.750 bits per heavy atom. The lowest BCUT2D eigenvalue weighted by atomic mass is 10.1. The van der Waals surface area contributed by atoms with E-state index in [1.807, 2.05) is 0 Å². The number of rotatable bonds is 16. The van der Waals surface area contributed by atoms with Crippen molar-refractivity contribution in [2.75, 3.05) is 26.2 Å². The van der Waals surface area contributed by atoms with Crippen LogP contribution in [-0.2, 0) is 4.79 Å². The summed E-state index contributed by atoms with van der Waals surface area (Å²) >= 11 is 0. The fourth-order valence-corrected chi connectivity index (χ4v) is 2.27. The minimum Gasteiger partial charge on any atom is -0.370 e. The summed E-state index contributed by atoms with van der Waals surface area (Å²) in [6.45, 7) is 6.51. The second-order valence-corrected chi connectivity index (χ2v) is 5.50. The van der Waals surface area contributed by atoms with Gasteiger partial charge in [-0.25, -0.2) is 0 Å². The molecule has 0 aliphatic rings. The van der Waals surface area contributed by atoms with E-state index in [0.717, 1.165) is 39.0 Å². The van der Waals surface area contributed by atoms with Gasteiger partial charge in [0.05, 0.1) is 0 Å². The molecule has 0 radical (unpaired) electrons. The molecule has 120 valence electrons. The fourth-order valence-electron chi connectivity index (χ4n) is 2.27. The highest BCUT2D eigenvalue weighted by Gasteiger charge is 1.95. The molecule has 0 fully saturated rings. The quantitative estimate of drug-likeness (QED) is 0.382. The average molecular weight is 285 g/mol. The molecule has 20 heavy (non-hydrogen) atoms. The van der Waals surface area contributed by atoms with Gasteiger partial charge in [0.15, 0.2) is 0 Å². The number of nitrogens with two attached hydrogens (primary N) is 1. The van der Waals surface area contributed by atoms with E-state index in [-0.39, 0.29) is 5.91 Å². The number of nitrogens with one attached hydrogen (secondary N) is 2.